The zero-order valence-electron chi connectivity index (χ0n) is 13.7. The number of amides is 1. The van der Waals surface area contributed by atoms with Gasteiger partial charge in [-0.3, -0.25) is 4.79 Å². The van der Waals surface area contributed by atoms with Crippen molar-refractivity contribution < 1.29 is 13.9 Å². The van der Waals surface area contributed by atoms with E-state index < -0.39 is 5.91 Å². The highest BCUT2D eigenvalue weighted by atomic mass is 32.1. The minimum absolute atomic E-state index is 0.172. The van der Waals surface area contributed by atoms with Crippen molar-refractivity contribution in [3.63, 3.8) is 0 Å². The van der Waals surface area contributed by atoms with E-state index in [0.717, 1.165) is 10.3 Å². The molecule has 0 spiro atoms. The largest absolute Gasteiger partial charge is 0.484 e. The van der Waals surface area contributed by atoms with Gasteiger partial charge >= 0.3 is 0 Å². The molecular weight excluding hydrogens is 339 g/mol. The third-order valence-electron chi connectivity index (χ3n) is 3.54. The molecule has 0 aliphatic rings. The maximum atomic E-state index is 14.1. The number of allylic oxidation sites excluding steroid dienone is 1. The van der Waals surface area contributed by atoms with Crippen LogP contribution in [0, 0.1) is 12.7 Å². The Morgan fingerprint density at radius 1 is 1.36 bits per heavy atom. The van der Waals surface area contributed by atoms with E-state index in [-0.39, 0.29) is 12.4 Å². The molecule has 0 unspecified atom stereocenters. The molecule has 3 aromatic rings. The third kappa shape index (κ3) is 3.85. The number of hydrogen-bond acceptors (Lipinski definition) is 3. The van der Waals surface area contributed by atoms with E-state index in [1.54, 1.807) is 28.8 Å². The van der Waals surface area contributed by atoms with Gasteiger partial charge in [0.05, 0.1) is 10.2 Å². The summed E-state index contributed by atoms with van der Waals surface area (Å²) < 4.78 is 22.0. The Labute approximate surface area is 148 Å². The number of ether oxygens (including phenoxy) is 1. The van der Waals surface area contributed by atoms with Gasteiger partial charge in [0.25, 0.3) is 5.91 Å². The molecule has 0 radical (unpaired) electrons. The molecule has 0 fully saturated rings. The molecule has 2 aromatic carbocycles. The molecule has 1 amide bonds. The topological polar surface area (TPSA) is 43.6 Å². The minimum atomic E-state index is -0.425. The average molecular weight is 356 g/mol. The van der Waals surface area contributed by atoms with E-state index in [1.165, 1.54) is 17.4 Å². The number of rotatable bonds is 5. The number of benzene rings is 2. The number of carbonyl (C=O) groups is 1. The zero-order chi connectivity index (χ0) is 17.8. The number of hydrogen-bond donors (Lipinski definition) is 0. The Hall–Kier alpha value is -2.73. The van der Waals surface area contributed by atoms with Crippen molar-refractivity contribution in [3.05, 3.63) is 71.3 Å². The van der Waals surface area contributed by atoms with Crippen LogP contribution in [-0.4, -0.2) is 17.1 Å². The average Bonchev–Trinajstić information content (AvgIpc) is 2.92. The second-order valence-electron chi connectivity index (χ2n) is 5.48. The lowest BCUT2D eigenvalue weighted by Crippen LogP contribution is -2.19. The summed E-state index contributed by atoms with van der Waals surface area (Å²) in [5, 5.41) is 0. The maximum Gasteiger partial charge on any atom is 0.286 e. The number of carbonyl (C=O) groups excluding carboxylic acids is 1. The molecule has 1 heterocycles. The van der Waals surface area contributed by atoms with Gasteiger partial charge in [-0.05, 0) is 36.8 Å². The molecule has 4 nitrogen and oxygen atoms in total. The number of halogens is 1. The summed E-state index contributed by atoms with van der Waals surface area (Å²) in [6.07, 6.45) is 1.64. The van der Waals surface area contributed by atoms with E-state index in [2.05, 4.69) is 11.6 Å². The molecule has 3 rings (SSSR count). The number of aryl methyl sites for hydroxylation is 1. The highest BCUT2D eigenvalue weighted by Gasteiger charge is 2.11. The molecule has 128 valence electrons. The van der Waals surface area contributed by atoms with Gasteiger partial charge in [0.15, 0.2) is 11.4 Å². The predicted octanol–water partition coefficient (Wildman–Crippen LogP) is 3.84. The van der Waals surface area contributed by atoms with Gasteiger partial charge in [-0.25, -0.2) is 4.39 Å². The highest BCUT2D eigenvalue weighted by Crippen LogP contribution is 2.20. The van der Waals surface area contributed by atoms with Crippen molar-refractivity contribution >= 4 is 27.5 Å². The van der Waals surface area contributed by atoms with Gasteiger partial charge < -0.3 is 9.30 Å². The fourth-order valence-corrected chi connectivity index (χ4v) is 3.53. The molecule has 0 atom stereocenters. The molecule has 0 aliphatic heterocycles. The van der Waals surface area contributed by atoms with Gasteiger partial charge in [0.2, 0.25) is 0 Å². The first kappa shape index (κ1) is 17.1. The van der Waals surface area contributed by atoms with Crippen LogP contribution in [0.1, 0.15) is 5.56 Å². The highest BCUT2D eigenvalue weighted by molar-refractivity contribution is 7.16. The van der Waals surface area contributed by atoms with Gasteiger partial charge in [0, 0.05) is 6.54 Å². The summed E-state index contributed by atoms with van der Waals surface area (Å²) in [4.78, 5) is 16.7. The van der Waals surface area contributed by atoms with Crippen LogP contribution in [-0.2, 0) is 11.3 Å². The number of aromatic nitrogens is 1. The molecule has 25 heavy (non-hydrogen) atoms. The molecule has 1 aromatic heterocycles. The first-order valence-electron chi connectivity index (χ1n) is 7.74. The molecule has 6 heteroatoms. The molecule has 0 bridgehead atoms. The molecule has 0 aliphatic carbocycles. The summed E-state index contributed by atoms with van der Waals surface area (Å²) in [5.41, 5.74) is 1.48. The SMILES string of the molecule is C=CCn1c(=NC(=O)COc2cccc(C)c2)sc2cccc(F)c21. The third-order valence-corrected chi connectivity index (χ3v) is 4.58. The summed E-state index contributed by atoms with van der Waals surface area (Å²) in [7, 11) is 0. The Morgan fingerprint density at radius 2 is 2.16 bits per heavy atom. The summed E-state index contributed by atoms with van der Waals surface area (Å²) in [6, 6.07) is 12.3. The summed E-state index contributed by atoms with van der Waals surface area (Å²) >= 11 is 1.26. The minimum Gasteiger partial charge on any atom is -0.484 e. The van der Waals surface area contributed by atoms with E-state index in [9.17, 15) is 9.18 Å². The standard InChI is InChI=1S/C19H17FN2O2S/c1-3-10-22-18-15(20)8-5-9-16(18)25-19(22)21-17(23)12-24-14-7-4-6-13(2)11-14/h3-9,11H,1,10,12H2,2H3. The Kier molecular flexibility index (Phi) is 5.09. The van der Waals surface area contributed by atoms with Crippen LogP contribution in [0.3, 0.4) is 0 Å². The van der Waals surface area contributed by atoms with Gasteiger partial charge in [-0.1, -0.05) is 35.6 Å². The quantitative estimate of drug-likeness (QED) is 0.652. The van der Waals surface area contributed by atoms with Gasteiger partial charge in [-0.2, -0.15) is 4.99 Å². The lowest BCUT2D eigenvalue weighted by Gasteiger charge is -2.04. The Balaban J connectivity index is 1.89. The smallest absolute Gasteiger partial charge is 0.286 e. The van der Waals surface area contributed by atoms with E-state index in [4.69, 9.17) is 4.74 Å². The number of nitrogens with zero attached hydrogens (tertiary/aromatic N) is 2. The van der Waals surface area contributed by atoms with Crippen LogP contribution in [0.15, 0.2) is 60.1 Å². The molecule has 0 saturated heterocycles. The molecule has 0 N–H and O–H groups in total. The van der Waals surface area contributed by atoms with Crippen molar-refractivity contribution in [1.29, 1.82) is 0 Å². The monoisotopic (exact) mass is 356 g/mol. The van der Waals surface area contributed by atoms with Crippen LogP contribution in [0.2, 0.25) is 0 Å². The van der Waals surface area contributed by atoms with Crippen LogP contribution >= 0.6 is 11.3 Å². The second-order valence-corrected chi connectivity index (χ2v) is 6.49. The lowest BCUT2D eigenvalue weighted by molar-refractivity contribution is -0.120. The van der Waals surface area contributed by atoms with Gasteiger partial charge in [0.1, 0.15) is 11.6 Å². The predicted molar refractivity (Wildman–Crippen MR) is 97.2 cm³/mol. The Bertz CT molecular complexity index is 1000. The normalized spacial score (nSPS) is 11.7. The fourth-order valence-electron chi connectivity index (χ4n) is 2.46. The van der Waals surface area contributed by atoms with Crippen LogP contribution < -0.4 is 9.54 Å². The van der Waals surface area contributed by atoms with Crippen molar-refractivity contribution in [2.75, 3.05) is 6.61 Å². The summed E-state index contributed by atoms with van der Waals surface area (Å²) in [5.74, 6) is -0.156. The summed E-state index contributed by atoms with van der Waals surface area (Å²) in [6.45, 7) is 5.83. The first-order valence-corrected chi connectivity index (χ1v) is 8.56. The van der Waals surface area contributed by atoms with Crippen molar-refractivity contribution in [2.24, 2.45) is 4.99 Å². The van der Waals surface area contributed by atoms with E-state index in [0.29, 0.717) is 22.6 Å². The number of thiazole rings is 1. The lowest BCUT2D eigenvalue weighted by atomic mass is 10.2. The van der Waals surface area contributed by atoms with E-state index in [1.807, 2.05) is 25.1 Å². The zero-order valence-corrected chi connectivity index (χ0v) is 14.6. The van der Waals surface area contributed by atoms with Crippen LogP contribution in [0.25, 0.3) is 10.2 Å². The van der Waals surface area contributed by atoms with Gasteiger partial charge in [-0.15, -0.1) is 6.58 Å². The first-order chi connectivity index (χ1) is 12.1. The van der Waals surface area contributed by atoms with Crippen molar-refractivity contribution in [3.8, 4) is 5.75 Å². The van der Waals surface area contributed by atoms with Crippen molar-refractivity contribution in [1.82, 2.24) is 4.57 Å². The fraction of sp³-hybridized carbons (Fsp3) is 0.158. The van der Waals surface area contributed by atoms with Crippen molar-refractivity contribution in [2.45, 2.75) is 13.5 Å². The van der Waals surface area contributed by atoms with Crippen LogP contribution in [0.4, 0.5) is 4.39 Å². The second kappa shape index (κ2) is 7.44. The van der Waals surface area contributed by atoms with E-state index >= 15 is 0 Å². The maximum absolute atomic E-state index is 14.1. The van der Waals surface area contributed by atoms with Crippen LogP contribution in [0.5, 0.6) is 5.75 Å². The molecule has 0 saturated carbocycles. The molecular formula is C19H17FN2O2S. The number of fused-ring (bicyclic) bond motifs is 1. The Morgan fingerprint density at radius 3 is 2.92 bits per heavy atom. The number of para-hydroxylation sites is 1.